The van der Waals surface area contributed by atoms with Crippen molar-refractivity contribution < 1.29 is 27.8 Å². The molecule has 0 atom stereocenters. The minimum absolute atomic E-state index is 0.103. The highest BCUT2D eigenvalue weighted by Crippen LogP contribution is 2.29. The molecule has 0 bridgehead atoms. The molecule has 0 spiro atoms. The number of aliphatic hydroxyl groups is 1. The van der Waals surface area contributed by atoms with Crippen LogP contribution in [0.25, 0.3) is 16.6 Å². The third-order valence-corrected chi connectivity index (χ3v) is 3.81. The molecule has 2 N–H and O–H groups in total. The summed E-state index contributed by atoms with van der Waals surface area (Å²) >= 11 is 0. The monoisotopic (exact) mass is 387 g/mol. The smallest absolute Gasteiger partial charge is 0.416 e. The standard InChI is InChI=1S/C19H12F3N3O3/c20-19(21,22)12-7-5-11(6-8-12)18(27)28-10-16(26)13(9-23)17-24-14-3-1-2-4-15(14)25-17/h1-8,26H,10H2,(H,24,25). The lowest BCUT2D eigenvalue weighted by Crippen LogP contribution is -2.10. The van der Waals surface area contributed by atoms with Gasteiger partial charge in [0.25, 0.3) is 0 Å². The van der Waals surface area contributed by atoms with Gasteiger partial charge in [0, 0.05) is 0 Å². The summed E-state index contributed by atoms with van der Waals surface area (Å²) in [4.78, 5) is 19.0. The first-order chi connectivity index (χ1) is 13.3. The van der Waals surface area contributed by atoms with Crippen LogP contribution in [0.3, 0.4) is 0 Å². The van der Waals surface area contributed by atoms with Gasteiger partial charge in [0.15, 0.2) is 11.6 Å². The molecule has 3 aromatic rings. The van der Waals surface area contributed by atoms with Crippen LogP contribution in [0.15, 0.2) is 54.3 Å². The van der Waals surface area contributed by atoms with E-state index in [1.54, 1.807) is 30.3 Å². The Kier molecular flexibility index (Phi) is 5.04. The van der Waals surface area contributed by atoms with Crippen LogP contribution in [0.5, 0.6) is 0 Å². The van der Waals surface area contributed by atoms with Gasteiger partial charge in [-0.25, -0.2) is 9.78 Å². The molecule has 0 saturated carbocycles. The molecule has 1 heterocycles. The number of nitrogens with zero attached hydrogens (tertiary/aromatic N) is 2. The van der Waals surface area contributed by atoms with Crippen molar-refractivity contribution in [2.45, 2.75) is 6.18 Å². The van der Waals surface area contributed by atoms with Crippen LogP contribution in [0.2, 0.25) is 0 Å². The van der Waals surface area contributed by atoms with E-state index in [1.807, 2.05) is 0 Å². The van der Waals surface area contributed by atoms with Gasteiger partial charge in [0.05, 0.1) is 22.2 Å². The van der Waals surface area contributed by atoms with Crippen molar-refractivity contribution in [1.29, 1.82) is 5.26 Å². The molecule has 0 radical (unpaired) electrons. The number of hydrogen-bond donors (Lipinski definition) is 2. The molecule has 0 saturated heterocycles. The lowest BCUT2D eigenvalue weighted by molar-refractivity contribution is -0.137. The third kappa shape index (κ3) is 3.96. The summed E-state index contributed by atoms with van der Waals surface area (Å²) in [6, 6.07) is 12.2. The van der Waals surface area contributed by atoms with E-state index < -0.39 is 30.1 Å². The van der Waals surface area contributed by atoms with Crippen LogP contribution >= 0.6 is 0 Å². The van der Waals surface area contributed by atoms with Gasteiger partial charge in [-0.1, -0.05) is 12.1 Å². The third-order valence-electron chi connectivity index (χ3n) is 3.81. The minimum Gasteiger partial charge on any atom is -0.507 e. The number of carbonyl (C=O) groups excluding carboxylic acids is 1. The predicted octanol–water partition coefficient (Wildman–Crippen LogP) is 4.23. The Balaban J connectivity index is 1.74. The van der Waals surface area contributed by atoms with Gasteiger partial charge < -0.3 is 14.8 Å². The SMILES string of the molecule is N#CC(=C(O)COC(=O)c1ccc(C(F)(F)F)cc1)c1nc2ccccc2[nH]1. The topological polar surface area (TPSA) is 99.0 Å². The van der Waals surface area contributed by atoms with Crippen LogP contribution in [0, 0.1) is 11.3 Å². The molecule has 142 valence electrons. The first kappa shape index (κ1) is 19.0. The molecule has 2 aromatic carbocycles. The number of aliphatic hydroxyl groups excluding tert-OH is 1. The molecule has 0 amide bonds. The second kappa shape index (κ2) is 7.44. The van der Waals surface area contributed by atoms with E-state index in [9.17, 15) is 28.3 Å². The number of benzene rings is 2. The lowest BCUT2D eigenvalue weighted by atomic mass is 10.1. The maximum absolute atomic E-state index is 12.5. The maximum atomic E-state index is 12.5. The van der Waals surface area contributed by atoms with E-state index in [1.165, 1.54) is 0 Å². The number of fused-ring (bicyclic) bond motifs is 1. The number of para-hydroxylation sites is 2. The molecule has 3 rings (SSSR count). The van der Waals surface area contributed by atoms with Gasteiger partial charge in [0.2, 0.25) is 0 Å². The molecule has 0 aliphatic heterocycles. The van der Waals surface area contributed by atoms with Crippen molar-refractivity contribution in [1.82, 2.24) is 9.97 Å². The Morgan fingerprint density at radius 2 is 1.86 bits per heavy atom. The molecule has 1 aromatic heterocycles. The highest BCUT2D eigenvalue weighted by molar-refractivity contribution is 5.89. The zero-order valence-electron chi connectivity index (χ0n) is 14.1. The van der Waals surface area contributed by atoms with Gasteiger partial charge in [0.1, 0.15) is 18.2 Å². The quantitative estimate of drug-likeness (QED) is 0.397. The van der Waals surface area contributed by atoms with E-state index >= 15 is 0 Å². The minimum atomic E-state index is -4.52. The van der Waals surface area contributed by atoms with Crippen molar-refractivity contribution in [2.75, 3.05) is 6.61 Å². The summed E-state index contributed by atoms with van der Waals surface area (Å²) < 4.78 is 42.5. The van der Waals surface area contributed by atoms with E-state index in [2.05, 4.69) is 9.97 Å². The molecular weight excluding hydrogens is 375 g/mol. The van der Waals surface area contributed by atoms with Crippen LogP contribution in [-0.4, -0.2) is 27.7 Å². The first-order valence-electron chi connectivity index (χ1n) is 7.91. The number of imidazole rings is 1. The number of rotatable bonds is 4. The van der Waals surface area contributed by atoms with E-state index in [0.29, 0.717) is 11.0 Å². The zero-order valence-corrected chi connectivity index (χ0v) is 14.1. The summed E-state index contributed by atoms with van der Waals surface area (Å²) in [5.41, 5.74) is 0.00232. The van der Waals surface area contributed by atoms with Crippen LogP contribution in [0.1, 0.15) is 21.7 Å². The van der Waals surface area contributed by atoms with Gasteiger partial charge in [-0.05, 0) is 36.4 Å². The van der Waals surface area contributed by atoms with Gasteiger partial charge in [-0.2, -0.15) is 18.4 Å². The fourth-order valence-electron chi connectivity index (χ4n) is 2.41. The average Bonchev–Trinajstić information content (AvgIpc) is 3.09. The number of aromatic nitrogens is 2. The number of carbonyl (C=O) groups is 1. The lowest BCUT2D eigenvalue weighted by Gasteiger charge is -2.08. The van der Waals surface area contributed by atoms with E-state index in [0.717, 1.165) is 24.3 Å². The van der Waals surface area contributed by atoms with Gasteiger partial charge in [-0.3, -0.25) is 0 Å². The molecular formula is C19H12F3N3O3. The Morgan fingerprint density at radius 1 is 1.18 bits per heavy atom. The number of halogens is 3. The number of nitrogens with one attached hydrogen (secondary N) is 1. The number of alkyl halides is 3. The summed E-state index contributed by atoms with van der Waals surface area (Å²) in [6.07, 6.45) is -4.52. The molecule has 9 heteroatoms. The first-order valence-corrected chi connectivity index (χ1v) is 7.91. The van der Waals surface area contributed by atoms with Gasteiger partial charge in [-0.15, -0.1) is 0 Å². The number of aromatic amines is 1. The zero-order chi connectivity index (χ0) is 20.3. The number of hydrogen-bond acceptors (Lipinski definition) is 5. The van der Waals surface area contributed by atoms with Crippen LogP contribution < -0.4 is 0 Å². The number of nitriles is 1. The molecule has 0 aliphatic rings. The van der Waals surface area contributed by atoms with Crippen molar-refractivity contribution in [3.63, 3.8) is 0 Å². The Bertz CT molecular complexity index is 1060. The fourth-order valence-corrected chi connectivity index (χ4v) is 2.41. The van der Waals surface area contributed by atoms with Crippen molar-refractivity contribution in [2.24, 2.45) is 0 Å². The summed E-state index contributed by atoms with van der Waals surface area (Å²) in [5, 5.41) is 19.4. The second-order valence-corrected chi connectivity index (χ2v) is 5.69. The number of esters is 1. The molecule has 0 unspecified atom stereocenters. The van der Waals surface area contributed by atoms with E-state index in [4.69, 9.17) is 4.74 Å². The summed E-state index contributed by atoms with van der Waals surface area (Å²) in [7, 11) is 0. The summed E-state index contributed by atoms with van der Waals surface area (Å²) in [6.45, 7) is -0.639. The van der Waals surface area contributed by atoms with Crippen LogP contribution in [-0.2, 0) is 10.9 Å². The predicted molar refractivity (Wildman–Crippen MR) is 93.0 cm³/mol. The molecule has 28 heavy (non-hydrogen) atoms. The number of H-pyrrole nitrogens is 1. The molecule has 0 aliphatic carbocycles. The molecule has 0 fully saturated rings. The fraction of sp³-hybridized carbons (Fsp3) is 0.105. The maximum Gasteiger partial charge on any atom is 0.416 e. The van der Waals surface area contributed by atoms with Crippen molar-refractivity contribution in [3.05, 3.63) is 71.2 Å². The second-order valence-electron chi connectivity index (χ2n) is 5.69. The van der Waals surface area contributed by atoms with Crippen molar-refractivity contribution in [3.8, 4) is 6.07 Å². The van der Waals surface area contributed by atoms with Gasteiger partial charge >= 0.3 is 12.1 Å². The van der Waals surface area contributed by atoms with Crippen LogP contribution in [0.4, 0.5) is 13.2 Å². The van der Waals surface area contributed by atoms with Crippen molar-refractivity contribution >= 4 is 22.6 Å². The Labute approximate surface area is 156 Å². The normalized spacial score (nSPS) is 12.4. The Morgan fingerprint density at radius 3 is 2.46 bits per heavy atom. The van der Waals surface area contributed by atoms with E-state index in [-0.39, 0.29) is 17.0 Å². The largest absolute Gasteiger partial charge is 0.507 e. The summed E-state index contributed by atoms with van der Waals surface area (Å²) in [5.74, 6) is -1.38. The number of ether oxygens (including phenoxy) is 1. The number of allylic oxidation sites excluding steroid dienone is 1. The Hall–Kier alpha value is -3.80. The highest BCUT2D eigenvalue weighted by Gasteiger charge is 2.30. The average molecular weight is 387 g/mol. The molecule has 6 nitrogen and oxygen atoms in total. The highest BCUT2D eigenvalue weighted by atomic mass is 19.4.